The van der Waals surface area contributed by atoms with Crippen molar-refractivity contribution < 1.29 is 9.59 Å². The van der Waals surface area contributed by atoms with Gasteiger partial charge in [-0.15, -0.1) is 0 Å². The molecule has 2 aliphatic rings. The fourth-order valence-electron chi connectivity index (χ4n) is 2.93. The van der Waals surface area contributed by atoms with Gasteiger partial charge in [-0.2, -0.15) is 0 Å². The summed E-state index contributed by atoms with van der Waals surface area (Å²) < 4.78 is 0. The minimum atomic E-state index is -0.318. The Hall–Kier alpha value is -1.68. The largest absolute Gasteiger partial charge is 0.328 e. The Labute approximate surface area is 112 Å². The predicted octanol–water partition coefficient (Wildman–Crippen LogP) is 1.27. The Balaban J connectivity index is 1.84. The van der Waals surface area contributed by atoms with Gasteiger partial charge in [-0.3, -0.25) is 14.5 Å². The lowest BCUT2D eigenvalue weighted by molar-refractivity contribution is -0.141. The highest BCUT2D eigenvalue weighted by Gasteiger charge is 2.46. The van der Waals surface area contributed by atoms with Gasteiger partial charge in [0.05, 0.1) is 12.0 Å². The van der Waals surface area contributed by atoms with Gasteiger partial charge >= 0.3 is 0 Å². The van der Waals surface area contributed by atoms with Crippen LogP contribution in [0.25, 0.3) is 0 Å². The van der Waals surface area contributed by atoms with E-state index in [-0.39, 0.29) is 30.2 Å². The molecule has 1 aliphatic heterocycles. The number of imide groups is 1. The second-order valence-electron chi connectivity index (χ2n) is 5.41. The molecule has 19 heavy (non-hydrogen) atoms. The number of amides is 2. The van der Waals surface area contributed by atoms with Gasteiger partial charge in [-0.1, -0.05) is 30.3 Å². The van der Waals surface area contributed by atoms with E-state index in [4.69, 9.17) is 5.73 Å². The van der Waals surface area contributed by atoms with Crippen molar-refractivity contribution >= 4 is 11.8 Å². The molecular weight excluding hydrogens is 240 g/mol. The van der Waals surface area contributed by atoms with Gasteiger partial charge < -0.3 is 5.73 Å². The van der Waals surface area contributed by atoms with Gasteiger partial charge in [-0.25, -0.2) is 0 Å². The molecule has 2 fully saturated rings. The van der Waals surface area contributed by atoms with E-state index in [1.165, 1.54) is 4.90 Å². The lowest BCUT2D eigenvalue weighted by Gasteiger charge is -2.25. The molecule has 1 aliphatic carbocycles. The molecule has 4 nitrogen and oxygen atoms in total. The highest BCUT2D eigenvalue weighted by molar-refractivity contribution is 6.06. The van der Waals surface area contributed by atoms with Gasteiger partial charge in [0.25, 0.3) is 0 Å². The summed E-state index contributed by atoms with van der Waals surface area (Å²) in [6.45, 7) is 0.379. The van der Waals surface area contributed by atoms with Crippen LogP contribution < -0.4 is 5.73 Å². The lowest BCUT2D eigenvalue weighted by atomic mass is 9.98. The van der Waals surface area contributed by atoms with Crippen molar-refractivity contribution in [3.63, 3.8) is 0 Å². The van der Waals surface area contributed by atoms with Crippen molar-refractivity contribution in [1.82, 2.24) is 4.90 Å². The van der Waals surface area contributed by atoms with Crippen LogP contribution >= 0.6 is 0 Å². The molecule has 1 heterocycles. The van der Waals surface area contributed by atoms with Crippen LogP contribution in [0, 0.1) is 5.92 Å². The summed E-state index contributed by atoms with van der Waals surface area (Å²) in [7, 11) is 0. The Morgan fingerprint density at radius 2 is 1.89 bits per heavy atom. The number of rotatable bonds is 4. The molecule has 0 spiro atoms. The number of nitrogens with zero attached hydrogens (tertiary/aromatic N) is 1. The van der Waals surface area contributed by atoms with E-state index in [1.54, 1.807) is 0 Å². The van der Waals surface area contributed by atoms with Gasteiger partial charge in [0.15, 0.2) is 0 Å². The molecule has 1 aromatic rings. The summed E-state index contributed by atoms with van der Waals surface area (Å²) in [5.74, 6) is -0.0336. The smallest absolute Gasteiger partial charge is 0.237 e. The summed E-state index contributed by atoms with van der Waals surface area (Å²) in [5, 5.41) is 0. The Bertz CT molecular complexity index is 496. The normalized spacial score (nSPS) is 24.9. The molecule has 2 amide bonds. The first-order valence-corrected chi connectivity index (χ1v) is 6.83. The quantitative estimate of drug-likeness (QED) is 0.827. The predicted molar refractivity (Wildman–Crippen MR) is 71.2 cm³/mol. The van der Waals surface area contributed by atoms with Gasteiger partial charge in [0.2, 0.25) is 11.8 Å². The summed E-state index contributed by atoms with van der Waals surface area (Å²) in [4.78, 5) is 26.1. The minimum absolute atomic E-state index is 0.0683. The highest BCUT2D eigenvalue weighted by Crippen LogP contribution is 2.39. The van der Waals surface area contributed by atoms with E-state index in [0.29, 0.717) is 12.5 Å². The third-order valence-electron chi connectivity index (χ3n) is 4.12. The van der Waals surface area contributed by atoms with Gasteiger partial charge in [0, 0.05) is 13.0 Å². The van der Waals surface area contributed by atoms with Gasteiger partial charge in [-0.05, 0) is 24.3 Å². The summed E-state index contributed by atoms with van der Waals surface area (Å²) >= 11 is 0. The maximum atomic E-state index is 12.5. The molecule has 0 aromatic heterocycles. The number of hydrogen-bond acceptors (Lipinski definition) is 3. The lowest BCUT2D eigenvalue weighted by Crippen LogP contribution is -2.45. The first-order valence-electron chi connectivity index (χ1n) is 6.83. The number of benzene rings is 1. The second kappa shape index (κ2) is 4.78. The van der Waals surface area contributed by atoms with E-state index in [9.17, 15) is 9.59 Å². The number of likely N-dealkylation sites (tertiary alicyclic amines) is 1. The zero-order valence-corrected chi connectivity index (χ0v) is 10.8. The molecule has 3 rings (SSSR count). The fourth-order valence-corrected chi connectivity index (χ4v) is 2.93. The van der Waals surface area contributed by atoms with Crippen LogP contribution in [0.1, 0.15) is 30.7 Å². The summed E-state index contributed by atoms with van der Waals surface area (Å²) in [6.07, 6.45) is 2.44. The Morgan fingerprint density at radius 3 is 2.47 bits per heavy atom. The number of hydrogen-bond donors (Lipinski definition) is 1. The van der Waals surface area contributed by atoms with E-state index >= 15 is 0 Å². The fraction of sp³-hybridized carbons (Fsp3) is 0.467. The van der Waals surface area contributed by atoms with E-state index in [2.05, 4.69) is 0 Å². The van der Waals surface area contributed by atoms with Crippen LogP contribution in [0.4, 0.5) is 0 Å². The van der Waals surface area contributed by atoms with Crippen LogP contribution in [0.2, 0.25) is 0 Å². The molecule has 4 heteroatoms. The SMILES string of the molecule is NCC(C1CC1)N1C(=O)CC(c2ccccc2)C1=O. The van der Waals surface area contributed by atoms with Crippen molar-refractivity contribution in [2.75, 3.05) is 6.54 Å². The first-order chi connectivity index (χ1) is 9.22. The van der Waals surface area contributed by atoms with Crippen LogP contribution in [0.15, 0.2) is 30.3 Å². The van der Waals surface area contributed by atoms with Crippen LogP contribution in [0.5, 0.6) is 0 Å². The molecule has 100 valence electrons. The Morgan fingerprint density at radius 1 is 1.21 bits per heavy atom. The van der Waals surface area contributed by atoms with Crippen molar-refractivity contribution in [2.45, 2.75) is 31.2 Å². The third-order valence-corrected chi connectivity index (χ3v) is 4.12. The molecule has 2 atom stereocenters. The minimum Gasteiger partial charge on any atom is -0.328 e. The van der Waals surface area contributed by atoms with Crippen LogP contribution in [-0.2, 0) is 9.59 Å². The standard InChI is InChI=1S/C15H18N2O2/c16-9-13(11-6-7-11)17-14(18)8-12(15(17)19)10-4-2-1-3-5-10/h1-5,11-13H,6-9,16H2. The molecule has 2 unspecified atom stereocenters. The summed E-state index contributed by atoms with van der Waals surface area (Å²) in [6, 6.07) is 9.44. The summed E-state index contributed by atoms with van der Waals surface area (Å²) in [5.41, 5.74) is 6.68. The van der Waals surface area contributed by atoms with Crippen molar-refractivity contribution in [3.05, 3.63) is 35.9 Å². The molecule has 1 saturated heterocycles. The third kappa shape index (κ3) is 2.16. The number of carbonyl (C=O) groups is 2. The van der Waals surface area contributed by atoms with Crippen molar-refractivity contribution in [3.8, 4) is 0 Å². The van der Waals surface area contributed by atoms with Crippen molar-refractivity contribution in [1.29, 1.82) is 0 Å². The average Bonchev–Trinajstić information content (AvgIpc) is 3.22. The first kappa shape index (κ1) is 12.4. The maximum absolute atomic E-state index is 12.5. The molecule has 1 saturated carbocycles. The number of nitrogens with two attached hydrogens (primary N) is 1. The average molecular weight is 258 g/mol. The van der Waals surface area contributed by atoms with Gasteiger partial charge in [0.1, 0.15) is 0 Å². The van der Waals surface area contributed by atoms with Crippen molar-refractivity contribution in [2.24, 2.45) is 11.7 Å². The van der Waals surface area contributed by atoms with E-state index < -0.39 is 0 Å². The topological polar surface area (TPSA) is 63.4 Å². The van der Waals surface area contributed by atoms with Crippen LogP contribution in [-0.4, -0.2) is 29.3 Å². The zero-order valence-electron chi connectivity index (χ0n) is 10.8. The maximum Gasteiger partial charge on any atom is 0.237 e. The molecule has 1 aromatic carbocycles. The molecule has 0 bridgehead atoms. The van der Waals surface area contributed by atoms with Crippen LogP contribution in [0.3, 0.4) is 0 Å². The van der Waals surface area contributed by atoms with E-state index in [1.807, 2.05) is 30.3 Å². The number of carbonyl (C=O) groups excluding carboxylic acids is 2. The zero-order chi connectivity index (χ0) is 13.4. The Kier molecular flexibility index (Phi) is 3.11. The monoisotopic (exact) mass is 258 g/mol. The second-order valence-corrected chi connectivity index (χ2v) is 5.41. The molecule has 2 N–H and O–H groups in total. The highest BCUT2D eigenvalue weighted by atomic mass is 16.2. The molecular formula is C15H18N2O2. The van der Waals surface area contributed by atoms with E-state index in [0.717, 1.165) is 18.4 Å². The molecule has 0 radical (unpaired) electrons.